The molecule has 1 aromatic carbocycles. The molecule has 1 saturated carbocycles. The van der Waals surface area contributed by atoms with Crippen molar-refractivity contribution >= 4 is 27.9 Å². The van der Waals surface area contributed by atoms with Gasteiger partial charge in [-0.05, 0) is 30.5 Å². The molecular weight excluding hydrogens is 312 g/mol. The van der Waals surface area contributed by atoms with E-state index in [2.05, 4.69) is 26.6 Å². The highest BCUT2D eigenvalue weighted by Crippen LogP contribution is 2.45. The van der Waals surface area contributed by atoms with Gasteiger partial charge in [0.15, 0.2) is 0 Å². The van der Waals surface area contributed by atoms with Crippen LogP contribution in [0.2, 0.25) is 0 Å². The predicted octanol–water partition coefficient (Wildman–Crippen LogP) is 2.21. The fraction of sp³-hybridized carbons (Fsp3) is 0.385. The number of carbonyl (C=O) groups is 2. The molecule has 0 saturated heterocycles. The molecule has 0 aromatic heterocycles. The zero-order chi connectivity index (χ0) is 13.9. The summed E-state index contributed by atoms with van der Waals surface area (Å²) in [6, 6.07) is 7.52. The van der Waals surface area contributed by atoms with Crippen LogP contribution in [0.1, 0.15) is 24.8 Å². The Kier molecular flexibility index (Phi) is 4.09. The molecule has 5 nitrogen and oxygen atoms in total. The van der Waals surface area contributed by atoms with Gasteiger partial charge in [-0.2, -0.15) is 0 Å². The monoisotopic (exact) mass is 326 g/mol. The van der Waals surface area contributed by atoms with Gasteiger partial charge in [0.2, 0.25) is 0 Å². The van der Waals surface area contributed by atoms with Crippen LogP contribution in [0.15, 0.2) is 28.7 Å². The van der Waals surface area contributed by atoms with E-state index in [0.717, 1.165) is 22.9 Å². The Balaban J connectivity index is 1.91. The molecular formula is C13H15BrN2O3. The van der Waals surface area contributed by atoms with E-state index in [1.165, 1.54) is 0 Å². The lowest BCUT2D eigenvalue weighted by molar-refractivity contribution is -0.136. The first-order chi connectivity index (χ1) is 9.02. The molecule has 0 aliphatic heterocycles. The van der Waals surface area contributed by atoms with Crippen molar-refractivity contribution in [3.8, 4) is 0 Å². The van der Waals surface area contributed by atoms with E-state index in [1.54, 1.807) is 0 Å². The van der Waals surface area contributed by atoms with Crippen LogP contribution in [0.5, 0.6) is 0 Å². The Hall–Kier alpha value is -1.56. The third kappa shape index (κ3) is 3.70. The van der Waals surface area contributed by atoms with E-state index in [-0.39, 0.29) is 24.5 Å². The van der Waals surface area contributed by atoms with Crippen LogP contribution in [0.3, 0.4) is 0 Å². The Bertz CT molecular complexity index is 500. The first kappa shape index (κ1) is 13.9. The van der Waals surface area contributed by atoms with Crippen molar-refractivity contribution in [2.24, 2.45) is 0 Å². The fourth-order valence-corrected chi connectivity index (χ4v) is 2.34. The summed E-state index contributed by atoms with van der Waals surface area (Å²) in [6.07, 6.45) is 1.73. The number of carboxylic acid groups (broad SMARTS) is 1. The highest BCUT2D eigenvalue weighted by atomic mass is 79.9. The van der Waals surface area contributed by atoms with Crippen molar-refractivity contribution in [1.82, 2.24) is 10.6 Å². The molecule has 0 radical (unpaired) electrons. The molecule has 19 heavy (non-hydrogen) atoms. The van der Waals surface area contributed by atoms with Gasteiger partial charge in [-0.25, -0.2) is 4.79 Å². The highest BCUT2D eigenvalue weighted by molar-refractivity contribution is 9.10. The van der Waals surface area contributed by atoms with Gasteiger partial charge in [0, 0.05) is 11.0 Å². The number of hydrogen-bond donors (Lipinski definition) is 3. The standard InChI is InChI=1S/C13H15BrN2O3/c14-10-3-1-2-9(8-10)13(5-6-13)16-12(19)15-7-4-11(17)18/h1-3,8H,4-7H2,(H,17,18)(H2,15,16,19). The predicted molar refractivity (Wildman–Crippen MR) is 73.8 cm³/mol. The Morgan fingerprint density at radius 1 is 1.37 bits per heavy atom. The average Bonchev–Trinajstić information content (AvgIpc) is 3.09. The lowest BCUT2D eigenvalue weighted by atomic mass is 10.1. The first-order valence-corrected chi connectivity index (χ1v) is 6.85. The molecule has 3 N–H and O–H groups in total. The summed E-state index contributed by atoms with van der Waals surface area (Å²) in [4.78, 5) is 22.1. The smallest absolute Gasteiger partial charge is 0.315 e. The van der Waals surface area contributed by atoms with Gasteiger partial charge in [-0.3, -0.25) is 4.79 Å². The van der Waals surface area contributed by atoms with Crippen molar-refractivity contribution in [1.29, 1.82) is 0 Å². The molecule has 0 bridgehead atoms. The number of urea groups is 1. The zero-order valence-corrected chi connectivity index (χ0v) is 11.9. The maximum absolute atomic E-state index is 11.7. The molecule has 0 unspecified atom stereocenters. The maximum Gasteiger partial charge on any atom is 0.315 e. The van der Waals surface area contributed by atoms with E-state index >= 15 is 0 Å². The number of amides is 2. The quantitative estimate of drug-likeness (QED) is 0.776. The summed E-state index contributed by atoms with van der Waals surface area (Å²) >= 11 is 3.41. The summed E-state index contributed by atoms with van der Waals surface area (Å²) in [5.41, 5.74) is 0.770. The number of rotatable bonds is 5. The minimum Gasteiger partial charge on any atom is -0.481 e. The van der Waals surface area contributed by atoms with E-state index < -0.39 is 5.97 Å². The van der Waals surface area contributed by atoms with Gasteiger partial charge < -0.3 is 15.7 Å². The second-order valence-electron chi connectivity index (χ2n) is 4.62. The SMILES string of the molecule is O=C(O)CCNC(=O)NC1(c2cccc(Br)c2)CC1. The van der Waals surface area contributed by atoms with Gasteiger partial charge in [0.1, 0.15) is 0 Å². The average molecular weight is 327 g/mol. The summed E-state index contributed by atoms with van der Waals surface area (Å²) in [5.74, 6) is -0.923. The van der Waals surface area contributed by atoms with Gasteiger partial charge in [-0.15, -0.1) is 0 Å². The van der Waals surface area contributed by atoms with Crippen LogP contribution >= 0.6 is 15.9 Å². The molecule has 1 aliphatic rings. The Morgan fingerprint density at radius 2 is 2.11 bits per heavy atom. The number of hydrogen-bond acceptors (Lipinski definition) is 2. The molecule has 6 heteroatoms. The minimum atomic E-state index is -0.923. The summed E-state index contributed by atoms with van der Waals surface area (Å²) in [7, 11) is 0. The minimum absolute atomic E-state index is 0.0721. The second-order valence-corrected chi connectivity index (χ2v) is 5.53. The van der Waals surface area contributed by atoms with Crippen molar-refractivity contribution in [2.45, 2.75) is 24.8 Å². The van der Waals surface area contributed by atoms with Crippen LogP contribution in [0.4, 0.5) is 4.79 Å². The van der Waals surface area contributed by atoms with Crippen LogP contribution in [-0.2, 0) is 10.3 Å². The van der Waals surface area contributed by atoms with Crippen molar-refractivity contribution in [3.63, 3.8) is 0 Å². The molecule has 1 fully saturated rings. The molecule has 1 aromatic rings. The molecule has 0 atom stereocenters. The maximum atomic E-state index is 11.7. The van der Waals surface area contributed by atoms with Crippen molar-refractivity contribution in [2.75, 3.05) is 6.54 Å². The Morgan fingerprint density at radius 3 is 2.68 bits per heavy atom. The van der Waals surface area contributed by atoms with Crippen molar-refractivity contribution in [3.05, 3.63) is 34.3 Å². The first-order valence-electron chi connectivity index (χ1n) is 6.06. The van der Waals surface area contributed by atoms with Crippen LogP contribution in [-0.4, -0.2) is 23.7 Å². The molecule has 0 heterocycles. The molecule has 2 rings (SSSR count). The molecule has 102 valence electrons. The van der Waals surface area contributed by atoms with Crippen LogP contribution < -0.4 is 10.6 Å². The van der Waals surface area contributed by atoms with Gasteiger partial charge in [-0.1, -0.05) is 28.1 Å². The number of halogens is 1. The molecule has 0 spiro atoms. The fourth-order valence-electron chi connectivity index (χ4n) is 1.94. The number of carbonyl (C=O) groups excluding carboxylic acids is 1. The van der Waals surface area contributed by atoms with E-state index in [1.807, 2.05) is 24.3 Å². The third-order valence-corrected chi connectivity index (χ3v) is 3.60. The summed E-state index contributed by atoms with van der Waals surface area (Å²) in [5, 5.41) is 14.0. The molecule has 2 amide bonds. The normalized spacial score (nSPS) is 15.6. The lowest BCUT2D eigenvalue weighted by Gasteiger charge is -2.18. The number of carboxylic acids is 1. The topological polar surface area (TPSA) is 78.4 Å². The van der Waals surface area contributed by atoms with E-state index in [4.69, 9.17) is 5.11 Å². The molecule has 1 aliphatic carbocycles. The summed E-state index contributed by atoms with van der Waals surface area (Å²) in [6.45, 7) is 0.135. The van der Waals surface area contributed by atoms with Crippen LogP contribution in [0.25, 0.3) is 0 Å². The van der Waals surface area contributed by atoms with Crippen LogP contribution in [0, 0.1) is 0 Å². The number of benzene rings is 1. The second kappa shape index (κ2) is 5.61. The number of aliphatic carboxylic acids is 1. The highest BCUT2D eigenvalue weighted by Gasteiger charge is 2.45. The Labute approximate surface area is 119 Å². The zero-order valence-electron chi connectivity index (χ0n) is 10.3. The number of nitrogens with one attached hydrogen (secondary N) is 2. The lowest BCUT2D eigenvalue weighted by Crippen LogP contribution is -2.42. The van der Waals surface area contributed by atoms with E-state index in [9.17, 15) is 9.59 Å². The van der Waals surface area contributed by atoms with Gasteiger partial charge >= 0.3 is 12.0 Å². The largest absolute Gasteiger partial charge is 0.481 e. The van der Waals surface area contributed by atoms with E-state index in [0.29, 0.717) is 0 Å². The van der Waals surface area contributed by atoms with Gasteiger partial charge in [0.25, 0.3) is 0 Å². The third-order valence-electron chi connectivity index (χ3n) is 3.10. The summed E-state index contributed by atoms with van der Waals surface area (Å²) < 4.78 is 0.976. The van der Waals surface area contributed by atoms with Gasteiger partial charge in [0.05, 0.1) is 12.0 Å². The van der Waals surface area contributed by atoms with Crippen molar-refractivity contribution < 1.29 is 14.7 Å².